The van der Waals surface area contributed by atoms with Crippen LogP contribution in [0, 0.1) is 27.7 Å². The summed E-state index contributed by atoms with van der Waals surface area (Å²) in [7, 11) is -1.34. The van der Waals surface area contributed by atoms with E-state index in [0.29, 0.717) is 11.4 Å². The van der Waals surface area contributed by atoms with E-state index in [-0.39, 0.29) is 0 Å². The Morgan fingerprint density at radius 3 is 2.03 bits per heavy atom. The van der Waals surface area contributed by atoms with Crippen LogP contribution in [0.2, 0.25) is 0 Å². The Kier molecular flexibility index (Phi) is 7.22. The molecule has 1 saturated heterocycles. The first-order chi connectivity index (χ1) is 14.2. The first-order valence-corrected chi connectivity index (χ1v) is 12.3. The topological polar surface area (TPSA) is 52.7 Å². The molecule has 2 aromatic rings. The zero-order chi connectivity index (χ0) is 21.9. The van der Waals surface area contributed by atoms with Crippen molar-refractivity contribution in [3.05, 3.63) is 58.1 Å². The van der Waals surface area contributed by atoms with Crippen LogP contribution in [0.15, 0.2) is 35.2 Å². The van der Waals surface area contributed by atoms with E-state index in [9.17, 15) is 8.42 Å². The average molecular weight is 430 g/mol. The van der Waals surface area contributed by atoms with E-state index in [1.807, 2.05) is 27.7 Å². The van der Waals surface area contributed by atoms with Gasteiger partial charge in [-0.25, -0.2) is 13.1 Å². The van der Waals surface area contributed by atoms with Crippen LogP contribution in [0.25, 0.3) is 0 Å². The Morgan fingerprint density at radius 1 is 0.900 bits per heavy atom. The SMILES string of the molecule is Cc1cc(C)c(C)c(S(=O)(=O)NCCCc2ccc(N3CCN(C)CC3)cc2)c1C. The molecule has 0 saturated carbocycles. The lowest BCUT2D eigenvalue weighted by molar-refractivity contribution is 0.313. The highest BCUT2D eigenvalue weighted by atomic mass is 32.2. The van der Waals surface area contributed by atoms with Crippen molar-refractivity contribution in [3.8, 4) is 0 Å². The number of rotatable bonds is 7. The molecule has 1 heterocycles. The van der Waals surface area contributed by atoms with Gasteiger partial charge in [0.1, 0.15) is 0 Å². The number of hydrogen-bond donors (Lipinski definition) is 1. The molecule has 5 nitrogen and oxygen atoms in total. The van der Waals surface area contributed by atoms with E-state index in [4.69, 9.17) is 0 Å². The summed E-state index contributed by atoms with van der Waals surface area (Å²) in [4.78, 5) is 5.22. The minimum absolute atomic E-state index is 0.439. The zero-order valence-corrected chi connectivity index (χ0v) is 19.8. The van der Waals surface area contributed by atoms with E-state index in [2.05, 4.69) is 51.9 Å². The van der Waals surface area contributed by atoms with Gasteiger partial charge < -0.3 is 9.80 Å². The van der Waals surface area contributed by atoms with Crippen molar-refractivity contribution in [3.63, 3.8) is 0 Å². The quantitative estimate of drug-likeness (QED) is 0.684. The van der Waals surface area contributed by atoms with Crippen LogP contribution < -0.4 is 9.62 Å². The van der Waals surface area contributed by atoms with Crippen LogP contribution in [-0.2, 0) is 16.4 Å². The van der Waals surface area contributed by atoms with Gasteiger partial charge in [-0.15, -0.1) is 0 Å². The largest absolute Gasteiger partial charge is 0.369 e. The molecule has 0 aliphatic carbocycles. The predicted octanol–water partition coefficient (Wildman–Crippen LogP) is 3.58. The number of piperazine rings is 1. The van der Waals surface area contributed by atoms with Gasteiger partial charge in [0.2, 0.25) is 10.0 Å². The van der Waals surface area contributed by atoms with Crippen LogP contribution in [0.3, 0.4) is 0 Å². The smallest absolute Gasteiger partial charge is 0.241 e. The molecule has 0 radical (unpaired) electrons. The second kappa shape index (κ2) is 9.50. The lowest BCUT2D eigenvalue weighted by Gasteiger charge is -2.34. The van der Waals surface area contributed by atoms with Gasteiger partial charge in [-0.3, -0.25) is 0 Å². The first kappa shape index (κ1) is 22.8. The number of likely N-dealkylation sites (N-methyl/N-ethyl adjacent to an activating group) is 1. The summed E-state index contributed by atoms with van der Waals surface area (Å²) in [6.07, 6.45) is 1.63. The van der Waals surface area contributed by atoms with Crippen molar-refractivity contribution in [2.24, 2.45) is 0 Å². The maximum atomic E-state index is 12.9. The number of hydrogen-bond acceptors (Lipinski definition) is 4. The fourth-order valence-corrected chi connectivity index (χ4v) is 5.78. The molecule has 0 amide bonds. The molecule has 164 valence electrons. The fraction of sp³-hybridized carbons (Fsp3) is 0.500. The molecule has 2 aromatic carbocycles. The highest BCUT2D eigenvalue weighted by Gasteiger charge is 2.21. The van der Waals surface area contributed by atoms with Crippen molar-refractivity contribution >= 4 is 15.7 Å². The Morgan fingerprint density at radius 2 is 1.47 bits per heavy atom. The molecule has 3 rings (SSSR count). The lowest BCUT2D eigenvalue weighted by atomic mass is 10.0. The zero-order valence-electron chi connectivity index (χ0n) is 19.0. The molecule has 6 heteroatoms. The standard InChI is InChI=1S/C24H35N3O2S/c1-18-17-19(2)21(4)24(20(18)3)30(28,29)25-12-6-7-22-8-10-23(11-9-22)27-15-13-26(5)14-16-27/h8-11,17,25H,6-7,12-16H2,1-5H3. The number of nitrogens with zero attached hydrogens (tertiary/aromatic N) is 2. The molecular formula is C24H35N3O2S. The second-order valence-electron chi connectivity index (χ2n) is 8.55. The Balaban J connectivity index is 1.55. The van der Waals surface area contributed by atoms with Crippen LogP contribution in [0.1, 0.15) is 34.2 Å². The highest BCUT2D eigenvalue weighted by molar-refractivity contribution is 7.89. The van der Waals surface area contributed by atoms with Crippen molar-refractivity contribution in [1.29, 1.82) is 0 Å². The van der Waals surface area contributed by atoms with E-state index >= 15 is 0 Å². The number of sulfonamides is 1. The minimum Gasteiger partial charge on any atom is -0.369 e. The molecule has 1 aliphatic heterocycles. The Bertz CT molecular complexity index is 950. The molecule has 0 unspecified atom stereocenters. The monoisotopic (exact) mass is 429 g/mol. The van der Waals surface area contributed by atoms with Crippen molar-refractivity contribution in [2.45, 2.75) is 45.4 Å². The van der Waals surface area contributed by atoms with Gasteiger partial charge >= 0.3 is 0 Å². The molecule has 30 heavy (non-hydrogen) atoms. The molecule has 0 bridgehead atoms. The van der Waals surface area contributed by atoms with Gasteiger partial charge in [-0.1, -0.05) is 18.2 Å². The summed E-state index contributed by atoms with van der Waals surface area (Å²) < 4.78 is 28.6. The molecular weight excluding hydrogens is 394 g/mol. The van der Waals surface area contributed by atoms with Gasteiger partial charge in [0, 0.05) is 38.4 Å². The maximum Gasteiger partial charge on any atom is 0.241 e. The maximum absolute atomic E-state index is 12.9. The number of benzene rings is 2. The summed E-state index contributed by atoms with van der Waals surface area (Å²) >= 11 is 0. The summed E-state index contributed by atoms with van der Waals surface area (Å²) in [6.45, 7) is 12.5. The summed E-state index contributed by atoms with van der Waals surface area (Å²) in [5.41, 5.74) is 6.21. The third kappa shape index (κ3) is 5.23. The normalized spacial score (nSPS) is 15.6. The van der Waals surface area contributed by atoms with Gasteiger partial charge in [0.25, 0.3) is 0 Å². The lowest BCUT2D eigenvalue weighted by Crippen LogP contribution is -2.44. The average Bonchev–Trinajstić information content (AvgIpc) is 2.71. The third-order valence-corrected chi connectivity index (χ3v) is 8.04. The summed E-state index contributed by atoms with van der Waals surface area (Å²) in [6, 6.07) is 10.8. The second-order valence-corrected chi connectivity index (χ2v) is 10.3. The van der Waals surface area contributed by atoms with Gasteiger partial charge in [0.05, 0.1) is 4.90 Å². The summed E-state index contributed by atoms with van der Waals surface area (Å²) in [5, 5.41) is 0. The molecule has 0 spiro atoms. The third-order valence-electron chi connectivity index (χ3n) is 6.31. The van der Waals surface area contributed by atoms with Gasteiger partial charge in [-0.2, -0.15) is 0 Å². The number of nitrogens with one attached hydrogen (secondary N) is 1. The van der Waals surface area contributed by atoms with E-state index in [0.717, 1.165) is 61.3 Å². The van der Waals surface area contributed by atoms with Crippen molar-refractivity contribution in [1.82, 2.24) is 9.62 Å². The van der Waals surface area contributed by atoms with Gasteiger partial charge in [0.15, 0.2) is 0 Å². The summed E-state index contributed by atoms with van der Waals surface area (Å²) in [5.74, 6) is 0. The van der Waals surface area contributed by atoms with Crippen LogP contribution >= 0.6 is 0 Å². The number of anilines is 1. The first-order valence-electron chi connectivity index (χ1n) is 10.8. The fourth-order valence-electron chi connectivity index (χ4n) is 4.09. The van der Waals surface area contributed by atoms with Gasteiger partial charge in [-0.05, 0) is 87.5 Å². The van der Waals surface area contributed by atoms with E-state index in [1.54, 1.807) is 0 Å². The van der Waals surface area contributed by atoms with E-state index in [1.165, 1.54) is 11.3 Å². The molecule has 0 aromatic heterocycles. The molecule has 1 fully saturated rings. The molecule has 1 aliphatic rings. The van der Waals surface area contributed by atoms with E-state index < -0.39 is 10.0 Å². The van der Waals surface area contributed by atoms with Crippen LogP contribution in [0.5, 0.6) is 0 Å². The minimum atomic E-state index is -3.51. The Labute approximate surface area is 182 Å². The molecule has 1 N–H and O–H groups in total. The van der Waals surface area contributed by atoms with Crippen molar-refractivity contribution in [2.75, 3.05) is 44.7 Å². The van der Waals surface area contributed by atoms with Crippen LogP contribution in [-0.4, -0.2) is 53.1 Å². The van der Waals surface area contributed by atoms with Crippen molar-refractivity contribution < 1.29 is 8.42 Å². The number of aryl methyl sites for hydroxylation is 3. The molecule has 0 atom stereocenters. The predicted molar refractivity (Wildman–Crippen MR) is 125 cm³/mol. The van der Waals surface area contributed by atoms with Crippen LogP contribution in [0.4, 0.5) is 5.69 Å². The highest BCUT2D eigenvalue weighted by Crippen LogP contribution is 2.26. The Hall–Kier alpha value is -1.89.